The fraction of sp³-hybridized carbons (Fsp3) is 0.714. The van der Waals surface area contributed by atoms with Crippen LogP contribution in [0.5, 0.6) is 0 Å². The van der Waals surface area contributed by atoms with Gasteiger partial charge in [0.15, 0.2) is 5.66 Å². The molecule has 0 heterocycles. The van der Waals surface area contributed by atoms with Crippen molar-refractivity contribution in [3.63, 3.8) is 0 Å². The summed E-state index contributed by atoms with van der Waals surface area (Å²) in [6.45, 7) is 0. The first-order valence-corrected chi connectivity index (χ1v) is 4.14. The van der Waals surface area contributed by atoms with E-state index in [1.54, 1.807) is 0 Å². The predicted molar refractivity (Wildman–Crippen MR) is 48.0 cm³/mol. The van der Waals surface area contributed by atoms with E-state index in [0.29, 0.717) is 12.8 Å². The fourth-order valence-corrected chi connectivity index (χ4v) is 0.921. The van der Waals surface area contributed by atoms with Crippen molar-refractivity contribution in [1.29, 1.82) is 0 Å². The van der Waals surface area contributed by atoms with E-state index in [-0.39, 0.29) is 12.8 Å². The zero-order chi connectivity index (χ0) is 11.2. The smallest absolute Gasteiger partial charge is 0.339 e. The first kappa shape index (κ1) is 12.8. The number of unbranched alkanes of at least 4 members (excludes halogenated alkanes) is 1. The van der Waals surface area contributed by atoms with Crippen LogP contribution in [0.25, 0.3) is 0 Å². The van der Waals surface area contributed by atoms with Gasteiger partial charge in [0.1, 0.15) is 0 Å². The summed E-state index contributed by atoms with van der Waals surface area (Å²) in [5.74, 6) is 2.81. The lowest BCUT2D eigenvalue weighted by Gasteiger charge is -2.22. The van der Waals surface area contributed by atoms with E-state index in [9.17, 15) is 9.59 Å². The molecule has 7 heteroatoms. The van der Waals surface area contributed by atoms with E-state index in [1.165, 1.54) is 0 Å². The van der Waals surface area contributed by atoms with Crippen molar-refractivity contribution < 1.29 is 19.8 Å². The van der Waals surface area contributed by atoms with Gasteiger partial charge in [-0.25, -0.2) is 10.2 Å². The molecule has 14 heavy (non-hydrogen) atoms. The van der Waals surface area contributed by atoms with Gasteiger partial charge in [-0.2, -0.15) is 0 Å². The van der Waals surface area contributed by atoms with Crippen LogP contribution < -0.4 is 17.0 Å². The van der Waals surface area contributed by atoms with Crippen LogP contribution in [0, 0.1) is 0 Å². The maximum absolute atomic E-state index is 10.6. The highest BCUT2D eigenvalue weighted by Crippen LogP contribution is 2.09. The van der Waals surface area contributed by atoms with Gasteiger partial charge in [-0.15, -0.1) is 0 Å². The van der Waals surface area contributed by atoms with Crippen molar-refractivity contribution in [3.05, 3.63) is 0 Å². The summed E-state index contributed by atoms with van der Waals surface area (Å²) < 4.78 is 0. The van der Waals surface area contributed by atoms with Gasteiger partial charge in [0.05, 0.1) is 0 Å². The summed E-state index contributed by atoms with van der Waals surface area (Å²) in [5, 5.41) is 17.0. The Balaban J connectivity index is 3.85. The largest absolute Gasteiger partial charge is 0.481 e. The molecule has 0 aromatic heterocycles. The SMILES string of the molecule is NNC(N)(CCCCC(=O)O)C(=O)O. The van der Waals surface area contributed by atoms with Crippen molar-refractivity contribution >= 4 is 11.9 Å². The number of hydrazine groups is 1. The van der Waals surface area contributed by atoms with Gasteiger partial charge in [0, 0.05) is 6.42 Å². The van der Waals surface area contributed by atoms with Crippen LogP contribution in [-0.2, 0) is 9.59 Å². The summed E-state index contributed by atoms with van der Waals surface area (Å²) in [4.78, 5) is 20.7. The number of carboxylic acid groups (broad SMARTS) is 2. The van der Waals surface area contributed by atoms with Gasteiger partial charge in [-0.3, -0.25) is 10.6 Å². The highest BCUT2D eigenvalue weighted by molar-refractivity contribution is 5.77. The minimum Gasteiger partial charge on any atom is -0.481 e. The zero-order valence-electron chi connectivity index (χ0n) is 7.69. The molecule has 82 valence electrons. The molecule has 0 bridgehead atoms. The normalized spacial score (nSPS) is 14.7. The molecule has 7 nitrogen and oxygen atoms in total. The van der Waals surface area contributed by atoms with Gasteiger partial charge in [0.25, 0.3) is 0 Å². The number of aliphatic carboxylic acids is 2. The predicted octanol–water partition coefficient (Wildman–Crippen LogP) is -1.17. The molecule has 0 radical (unpaired) electrons. The zero-order valence-corrected chi connectivity index (χ0v) is 7.69. The number of hydrogen-bond acceptors (Lipinski definition) is 5. The van der Waals surface area contributed by atoms with Crippen molar-refractivity contribution in [2.75, 3.05) is 0 Å². The van der Waals surface area contributed by atoms with Crippen LogP contribution in [-0.4, -0.2) is 27.8 Å². The summed E-state index contributed by atoms with van der Waals surface area (Å²) in [5.41, 5.74) is 5.70. The lowest BCUT2D eigenvalue weighted by atomic mass is 10.0. The summed E-state index contributed by atoms with van der Waals surface area (Å²) in [6, 6.07) is 0. The van der Waals surface area contributed by atoms with Crippen LogP contribution in [0.15, 0.2) is 0 Å². The number of carboxylic acids is 2. The molecule has 1 unspecified atom stereocenters. The topological polar surface area (TPSA) is 139 Å². The van der Waals surface area contributed by atoms with E-state index in [2.05, 4.69) is 0 Å². The molecule has 0 aromatic rings. The van der Waals surface area contributed by atoms with Gasteiger partial charge in [-0.05, 0) is 19.3 Å². The average Bonchev–Trinajstić information content (AvgIpc) is 2.11. The van der Waals surface area contributed by atoms with Crippen LogP contribution in [0.1, 0.15) is 25.7 Å². The summed E-state index contributed by atoms with van der Waals surface area (Å²) in [7, 11) is 0. The third-order valence-corrected chi connectivity index (χ3v) is 1.85. The maximum Gasteiger partial charge on any atom is 0.339 e. The molecule has 0 amide bonds. The Labute approximate surface area is 81.0 Å². The molecule has 0 aromatic carbocycles. The molecular formula is C7H15N3O4. The first-order valence-electron chi connectivity index (χ1n) is 4.14. The van der Waals surface area contributed by atoms with E-state index >= 15 is 0 Å². The van der Waals surface area contributed by atoms with E-state index in [4.69, 9.17) is 21.8 Å². The lowest BCUT2D eigenvalue weighted by molar-refractivity contribution is -0.145. The average molecular weight is 205 g/mol. The van der Waals surface area contributed by atoms with E-state index in [0.717, 1.165) is 0 Å². The van der Waals surface area contributed by atoms with Gasteiger partial charge >= 0.3 is 11.9 Å². The Hall–Kier alpha value is -1.18. The molecular weight excluding hydrogens is 190 g/mol. The molecule has 0 aliphatic carbocycles. The second-order valence-corrected chi connectivity index (χ2v) is 3.02. The number of nitrogens with one attached hydrogen (secondary N) is 1. The number of hydrogen-bond donors (Lipinski definition) is 5. The van der Waals surface area contributed by atoms with Crippen molar-refractivity contribution in [3.8, 4) is 0 Å². The van der Waals surface area contributed by atoms with Crippen molar-refractivity contribution in [2.45, 2.75) is 31.3 Å². The molecule has 0 saturated carbocycles. The van der Waals surface area contributed by atoms with Crippen LogP contribution in [0.3, 0.4) is 0 Å². The lowest BCUT2D eigenvalue weighted by Crippen LogP contribution is -2.62. The second kappa shape index (κ2) is 5.53. The van der Waals surface area contributed by atoms with Crippen LogP contribution in [0.2, 0.25) is 0 Å². The highest BCUT2D eigenvalue weighted by atomic mass is 16.4. The molecule has 0 spiro atoms. The molecule has 7 N–H and O–H groups in total. The van der Waals surface area contributed by atoms with E-state index in [1.807, 2.05) is 5.43 Å². The minimum absolute atomic E-state index is 0.000268. The van der Waals surface area contributed by atoms with Crippen molar-refractivity contribution in [2.24, 2.45) is 11.6 Å². The molecule has 0 rings (SSSR count). The van der Waals surface area contributed by atoms with Gasteiger partial charge < -0.3 is 15.9 Å². The Bertz CT molecular complexity index is 221. The van der Waals surface area contributed by atoms with Crippen LogP contribution in [0.4, 0.5) is 0 Å². The number of nitrogens with two attached hydrogens (primary N) is 2. The van der Waals surface area contributed by atoms with Gasteiger partial charge in [0.2, 0.25) is 0 Å². The molecule has 0 aliphatic rings. The molecule has 0 aliphatic heterocycles. The summed E-state index contributed by atoms with van der Waals surface area (Å²) in [6.07, 6.45) is 0.856. The van der Waals surface area contributed by atoms with E-state index < -0.39 is 17.6 Å². The molecule has 1 atom stereocenters. The van der Waals surface area contributed by atoms with Gasteiger partial charge in [-0.1, -0.05) is 0 Å². The Morgan fingerprint density at radius 2 is 1.86 bits per heavy atom. The van der Waals surface area contributed by atoms with Crippen LogP contribution >= 0.6 is 0 Å². The second-order valence-electron chi connectivity index (χ2n) is 3.02. The number of carbonyl (C=O) groups is 2. The number of rotatable bonds is 7. The third kappa shape index (κ3) is 4.17. The minimum atomic E-state index is -1.67. The quantitative estimate of drug-likeness (QED) is 0.153. The third-order valence-electron chi connectivity index (χ3n) is 1.85. The Kier molecular flexibility index (Phi) is 5.06. The Morgan fingerprint density at radius 1 is 1.29 bits per heavy atom. The monoisotopic (exact) mass is 205 g/mol. The van der Waals surface area contributed by atoms with Crippen molar-refractivity contribution in [1.82, 2.24) is 5.43 Å². The maximum atomic E-state index is 10.6. The Morgan fingerprint density at radius 3 is 2.21 bits per heavy atom. The fourth-order valence-electron chi connectivity index (χ4n) is 0.921. The summed E-state index contributed by atoms with van der Waals surface area (Å²) >= 11 is 0. The standard InChI is InChI=1S/C7H15N3O4/c8-7(10-9,6(13)14)4-2-1-3-5(11)12/h10H,1-4,8-9H2,(H,11,12)(H,13,14). The molecule has 0 saturated heterocycles. The highest BCUT2D eigenvalue weighted by Gasteiger charge is 2.31. The first-order chi connectivity index (χ1) is 6.42. The molecule has 0 fully saturated rings.